The molecule has 4 aromatic rings. The van der Waals surface area contributed by atoms with E-state index in [0.717, 1.165) is 34.3 Å². The predicted octanol–water partition coefficient (Wildman–Crippen LogP) is 5.25. The largest absolute Gasteiger partial charge is 0.459 e. The van der Waals surface area contributed by atoms with Gasteiger partial charge < -0.3 is 14.6 Å². The first kappa shape index (κ1) is 20.5. The van der Waals surface area contributed by atoms with Crippen LogP contribution in [-0.4, -0.2) is 29.8 Å². The first-order valence-corrected chi connectivity index (χ1v) is 11.7. The van der Waals surface area contributed by atoms with Crippen LogP contribution >= 0.6 is 11.3 Å². The quantitative estimate of drug-likeness (QED) is 0.457. The van der Waals surface area contributed by atoms with Gasteiger partial charge >= 0.3 is 0 Å². The van der Waals surface area contributed by atoms with Crippen LogP contribution in [-0.2, 0) is 4.79 Å². The van der Waals surface area contributed by atoms with E-state index in [-0.39, 0.29) is 23.8 Å². The maximum atomic E-state index is 13.3. The Morgan fingerprint density at radius 1 is 1.03 bits per heavy atom. The monoisotopic (exact) mass is 444 g/mol. The summed E-state index contributed by atoms with van der Waals surface area (Å²) >= 11 is 1.44. The van der Waals surface area contributed by atoms with E-state index in [2.05, 4.69) is 5.32 Å². The average Bonchev–Trinajstić information content (AvgIpc) is 3.52. The molecule has 0 unspecified atom stereocenters. The SMILES string of the molecule is O=C(N[C@H](c1ccccc1)c1cc2ccccc2o1)[C@@H]1CCCN(C(=O)c2cccs2)C1. The molecule has 2 aromatic carbocycles. The van der Waals surface area contributed by atoms with E-state index in [1.54, 1.807) is 4.90 Å². The van der Waals surface area contributed by atoms with Crippen LogP contribution in [0.25, 0.3) is 11.0 Å². The Labute approximate surface area is 190 Å². The lowest BCUT2D eigenvalue weighted by Crippen LogP contribution is -2.46. The Bertz CT molecular complexity index is 1180. The lowest BCUT2D eigenvalue weighted by atomic mass is 9.95. The third-order valence-electron chi connectivity index (χ3n) is 5.96. The van der Waals surface area contributed by atoms with Gasteiger partial charge in [-0.1, -0.05) is 54.6 Å². The topological polar surface area (TPSA) is 62.6 Å². The standard InChI is InChI=1S/C26H24N2O3S/c29-25(20-11-6-14-28(17-20)26(30)23-13-7-15-32-23)27-24(18-8-2-1-3-9-18)22-16-19-10-4-5-12-21(19)31-22/h1-5,7-10,12-13,15-16,20,24H,6,11,14,17H2,(H,27,29)/t20-,24-/m1/s1. The van der Waals surface area contributed by atoms with Gasteiger partial charge in [0, 0.05) is 18.5 Å². The summed E-state index contributed by atoms with van der Waals surface area (Å²) in [6.07, 6.45) is 1.58. The molecule has 0 radical (unpaired) electrons. The molecule has 5 nitrogen and oxygen atoms in total. The second-order valence-corrected chi connectivity index (χ2v) is 9.05. The maximum Gasteiger partial charge on any atom is 0.263 e. The number of nitrogens with zero attached hydrogens (tertiary/aromatic N) is 1. The summed E-state index contributed by atoms with van der Waals surface area (Å²) in [4.78, 5) is 28.6. The number of hydrogen-bond acceptors (Lipinski definition) is 4. The van der Waals surface area contributed by atoms with Gasteiger partial charge in [0.25, 0.3) is 5.91 Å². The number of carbonyl (C=O) groups excluding carboxylic acids is 2. The second-order valence-electron chi connectivity index (χ2n) is 8.11. The number of rotatable bonds is 5. The van der Waals surface area contributed by atoms with Crippen LogP contribution < -0.4 is 5.32 Å². The lowest BCUT2D eigenvalue weighted by molar-refractivity contribution is -0.127. The second kappa shape index (κ2) is 9.01. The van der Waals surface area contributed by atoms with Crippen LogP contribution in [0.4, 0.5) is 0 Å². The number of para-hydroxylation sites is 1. The number of nitrogens with one attached hydrogen (secondary N) is 1. The minimum Gasteiger partial charge on any atom is -0.459 e. The van der Waals surface area contributed by atoms with Crippen LogP contribution in [0.5, 0.6) is 0 Å². The van der Waals surface area contributed by atoms with Crippen molar-refractivity contribution in [1.29, 1.82) is 0 Å². The molecule has 0 saturated carbocycles. The van der Waals surface area contributed by atoms with E-state index in [0.29, 0.717) is 18.8 Å². The molecule has 0 spiro atoms. The summed E-state index contributed by atoms with van der Waals surface area (Å²) in [5.74, 6) is 0.411. The van der Waals surface area contributed by atoms with E-state index in [1.165, 1.54) is 11.3 Å². The van der Waals surface area contributed by atoms with E-state index in [9.17, 15) is 9.59 Å². The molecule has 1 aliphatic heterocycles. The number of furan rings is 1. The zero-order chi connectivity index (χ0) is 21.9. The van der Waals surface area contributed by atoms with Gasteiger partial charge in [-0.25, -0.2) is 0 Å². The van der Waals surface area contributed by atoms with E-state index < -0.39 is 0 Å². The summed E-state index contributed by atoms with van der Waals surface area (Å²) in [5, 5.41) is 6.11. The van der Waals surface area contributed by atoms with E-state index in [4.69, 9.17) is 4.42 Å². The smallest absolute Gasteiger partial charge is 0.263 e. The molecule has 1 fully saturated rings. The number of fused-ring (bicyclic) bond motifs is 1. The van der Waals surface area contributed by atoms with Gasteiger partial charge in [0.05, 0.1) is 10.8 Å². The highest BCUT2D eigenvalue weighted by Crippen LogP contribution is 2.29. The van der Waals surface area contributed by atoms with Crippen molar-refractivity contribution < 1.29 is 14.0 Å². The van der Waals surface area contributed by atoms with Gasteiger partial charge in [-0.2, -0.15) is 0 Å². The highest BCUT2D eigenvalue weighted by Gasteiger charge is 2.31. The van der Waals surface area contributed by atoms with Gasteiger partial charge in [-0.15, -0.1) is 11.3 Å². The minimum absolute atomic E-state index is 0.00870. The molecular weight excluding hydrogens is 420 g/mol. The Morgan fingerprint density at radius 2 is 1.84 bits per heavy atom. The van der Waals surface area contributed by atoms with Gasteiger partial charge in [0.1, 0.15) is 17.4 Å². The van der Waals surface area contributed by atoms with Gasteiger partial charge in [-0.3, -0.25) is 9.59 Å². The molecular formula is C26H24N2O3S. The predicted molar refractivity (Wildman–Crippen MR) is 126 cm³/mol. The van der Waals surface area contributed by atoms with Crippen molar-refractivity contribution in [2.45, 2.75) is 18.9 Å². The third-order valence-corrected chi connectivity index (χ3v) is 6.82. The summed E-state index contributed by atoms with van der Waals surface area (Å²) in [5.41, 5.74) is 1.75. The lowest BCUT2D eigenvalue weighted by Gasteiger charge is -2.32. The third kappa shape index (κ3) is 4.18. The number of benzene rings is 2. The van der Waals surface area contributed by atoms with Crippen molar-refractivity contribution in [1.82, 2.24) is 10.2 Å². The summed E-state index contributed by atoms with van der Waals surface area (Å²) < 4.78 is 6.10. The zero-order valence-electron chi connectivity index (χ0n) is 17.6. The zero-order valence-corrected chi connectivity index (χ0v) is 18.4. The molecule has 2 amide bonds. The molecule has 0 aliphatic carbocycles. The van der Waals surface area contributed by atoms with Crippen LogP contribution in [0, 0.1) is 5.92 Å². The number of piperidine rings is 1. The molecule has 1 N–H and O–H groups in total. The molecule has 0 bridgehead atoms. The van der Waals surface area contributed by atoms with Crippen LogP contribution in [0.15, 0.2) is 82.6 Å². The summed E-state index contributed by atoms with van der Waals surface area (Å²) in [6, 6.07) is 23.0. The molecule has 162 valence electrons. The summed E-state index contributed by atoms with van der Waals surface area (Å²) in [7, 11) is 0. The van der Waals surface area contributed by atoms with E-state index >= 15 is 0 Å². The Balaban J connectivity index is 1.37. The number of carbonyl (C=O) groups is 2. The van der Waals surface area contributed by atoms with Crippen molar-refractivity contribution >= 4 is 34.1 Å². The fourth-order valence-corrected chi connectivity index (χ4v) is 4.99. The first-order chi connectivity index (χ1) is 15.7. The number of thiophene rings is 1. The van der Waals surface area contributed by atoms with Crippen molar-refractivity contribution in [3.05, 3.63) is 94.4 Å². The normalized spacial score (nSPS) is 17.2. The van der Waals surface area contributed by atoms with Crippen molar-refractivity contribution in [2.75, 3.05) is 13.1 Å². The molecule has 6 heteroatoms. The Kier molecular flexibility index (Phi) is 5.77. The van der Waals surface area contributed by atoms with Crippen LogP contribution in [0.3, 0.4) is 0 Å². The molecule has 1 aliphatic rings. The molecule has 3 heterocycles. The molecule has 2 aromatic heterocycles. The number of likely N-dealkylation sites (tertiary alicyclic amines) is 1. The fourth-order valence-electron chi connectivity index (χ4n) is 4.30. The van der Waals surface area contributed by atoms with Crippen LogP contribution in [0.1, 0.15) is 39.9 Å². The number of amides is 2. The van der Waals surface area contributed by atoms with Gasteiger partial charge in [0.15, 0.2) is 0 Å². The Morgan fingerprint density at radius 3 is 2.62 bits per heavy atom. The summed E-state index contributed by atoms with van der Waals surface area (Å²) in [6.45, 7) is 1.12. The minimum atomic E-state index is -0.389. The van der Waals surface area contributed by atoms with Crippen LogP contribution in [0.2, 0.25) is 0 Å². The van der Waals surface area contributed by atoms with Crippen molar-refractivity contribution in [2.24, 2.45) is 5.92 Å². The van der Waals surface area contributed by atoms with Gasteiger partial charge in [0.2, 0.25) is 5.91 Å². The highest BCUT2D eigenvalue weighted by molar-refractivity contribution is 7.12. The molecule has 1 saturated heterocycles. The van der Waals surface area contributed by atoms with Crippen molar-refractivity contribution in [3.8, 4) is 0 Å². The van der Waals surface area contributed by atoms with Gasteiger partial charge in [-0.05, 0) is 42.0 Å². The van der Waals surface area contributed by atoms with E-state index in [1.807, 2.05) is 78.2 Å². The highest BCUT2D eigenvalue weighted by atomic mass is 32.1. The molecule has 2 atom stereocenters. The molecule has 5 rings (SSSR count). The molecule has 32 heavy (non-hydrogen) atoms. The van der Waals surface area contributed by atoms with Crippen molar-refractivity contribution in [3.63, 3.8) is 0 Å². The Hall–Kier alpha value is -3.38. The number of hydrogen-bond donors (Lipinski definition) is 1. The first-order valence-electron chi connectivity index (χ1n) is 10.9. The average molecular weight is 445 g/mol. The maximum absolute atomic E-state index is 13.3. The fraction of sp³-hybridized carbons (Fsp3) is 0.231.